The summed E-state index contributed by atoms with van der Waals surface area (Å²) in [4.78, 5) is 26.1. The van der Waals surface area contributed by atoms with E-state index in [1.165, 1.54) is 5.56 Å². The first kappa shape index (κ1) is 17.1. The van der Waals surface area contributed by atoms with Crippen LogP contribution in [0.3, 0.4) is 0 Å². The summed E-state index contributed by atoms with van der Waals surface area (Å²) in [6.45, 7) is 1.61. The van der Waals surface area contributed by atoms with Gasteiger partial charge in [0.15, 0.2) is 0 Å². The summed E-state index contributed by atoms with van der Waals surface area (Å²) >= 11 is 0. The lowest BCUT2D eigenvalue weighted by molar-refractivity contribution is -0.130. The van der Waals surface area contributed by atoms with E-state index in [1.54, 1.807) is 12.3 Å². The first-order valence-corrected chi connectivity index (χ1v) is 8.59. The van der Waals surface area contributed by atoms with Gasteiger partial charge in [-0.25, -0.2) is 4.79 Å². The normalized spacial score (nSPS) is 16.6. The lowest BCUT2D eigenvalue weighted by Gasteiger charge is -2.17. The second-order valence-electron chi connectivity index (χ2n) is 6.22. The summed E-state index contributed by atoms with van der Waals surface area (Å²) < 4.78 is 5.17. The summed E-state index contributed by atoms with van der Waals surface area (Å²) in [5.74, 6) is 0.850. The molecule has 1 aliphatic rings. The molecule has 25 heavy (non-hydrogen) atoms. The molecule has 0 unspecified atom stereocenters. The summed E-state index contributed by atoms with van der Waals surface area (Å²) in [5.41, 5.74) is 1.17. The van der Waals surface area contributed by atoms with Gasteiger partial charge in [-0.3, -0.25) is 4.79 Å². The van der Waals surface area contributed by atoms with Crippen LogP contribution in [0.5, 0.6) is 0 Å². The molecule has 0 aliphatic carbocycles. The number of likely N-dealkylation sites (tertiary alicyclic amines) is 1. The number of rotatable bonds is 6. The van der Waals surface area contributed by atoms with Gasteiger partial charge in [0, 0.05) is 25.6 Å². The van der Waals surface area contributed by atoms with Gasteiger partial charge in [-0.1, -0.05) is 30.3 Å². The lowest BCUT2D eigenvalue weighted by Crippen LogP contribution is -2.43. The van der Waals surface area contributed by atoms with E-state index in [-0.39, 0.29) is 18.0 Å². The van der Waals surface area contributed by atoms with E-state index in [0.717, 1.165) is 12.8 Å². The molecule has 6 nitrogen and oxygen atoms in total. The molecule has 2 heterocycles. The topological polar surface area (TPSA) is 74.6 Å². The van der Waals surface area contributed by atoms with Crippen LogP contribution in [0.15, 0.2) is 53.1 Å². The first-order chi connectivity index (χ1) is 12.2. The van der Waals surface area contributed by atoms with E-state index in [2.05, 4.69) is 10.6 Å². The van der Waals surface area contributed by atoms with Crippen LogP contribution >= 0.6 is 0 Å². The fourth-order valence-electron chi connectivity index (χ4n) is 2.98. The predicted molar refractivity (Wildman–Crippen MR) is 93.8 cm³/mol. The van der Waals surface area contributed by atoms with Crippen molar-refractivity contribution >= 4 is 11.9 Å². The molecular formula is C19H23N3O3. The highest BCUT2D eigenvalue weighted by Gasteiger charge is 2.26. The molecule has 1 atom stereocenters. The van der Waals surface area contributed by atoms with Gasteiger partial charge in [-0.05, 0) is 30.5 Å². The first-order valence-electron chi connectivity index (χ1n) is 8.59. The molecule has 3 amide bonds. The zero-order valence-corrected chi connectivity index (χ0v) is 14.1. The number of carbonyl (C=O) groups is 2. The van der Waals surface area contributed by atoms with Gasteiger partial charge >= 0.3 is 6.03 Å². The van der Waals surface area contributed by atoms with Gasteiger partial charge in [-0.2, -0.15) is 0 Å². The average Bonchev–Trinajstić information content (AvgIpc) is 3.31. The predicted octanol–water partition coefficient (Wildman–Crippen LogP) is 2.31. The molecule has 1 aromatic carbocycles. The maximum atomic E-state index is 12.3. The molecule has 2 aromatic rings. The van der Waals surface area contributed by atoms with Crippen molar-refractivity contribution < 1.29 is 14.0 Å². The third-order valence-corrected chi connectivity index (χ3v) is 4.35. The smallest absolute Gasteiger partial charge is 0.315 e. The number of furan rings is 1. The molecule has 1 saturated heterocycles. The maximum Gasteiger partial charge on any atom is 0.315 e. The molecular weight excluding hydrogens is 318 g/mol. The number of hydrogen-bond donors (Lipinski definition) is 2. The minimum absolute atomic E-state index is 0.00252. The van der Waals surface area contributed by atoms with Gasteiger partial charge < -0.3 is 20.0 Å². The van der Waals surface area contributed by atoms with E-state index in [9.17, 15) is 9.59 Å². The van der Waals surface area contributed by atoms with Gasteiger partial charge in [0.1, 0.15) is 5.76 Å². The Morgan fingerprint density at radius 2 is 2.00 bits per heavy atom. The summed E-state index contributed by atoms with van der Waals surface area (Å²) in [5, 5.41) is 5.67. The molecule has 0 spiro atoms. The van der Waals surface area contributed by atoms with Crippen molar-refractivity contribution in [1.29, 1.82) is 0 Å². The Kier molecular flexibility index (Phi) is 5.72. The Balaban J connectivity index is 1.37. The highest BCUT2D eigenvalue weighted by molar-refractivity contribution is 5.77. The molecule has 1 aromatic heterocycles. The van der Waals surface area contributed by atoms with Crippen LogP contribution in [-0.2, 0) is 17.8 Å². The number of urea groups is 1. The van der Waals surface area contributed by atoms with Crippen LogP contribution in [-0.4, -0.2) is 36.0 Å². The van der Waals surface area contributed by atoms with Crippen molar-refractivity contribution in [3.8, 4) is 0 Å². The van der Waals surface area contributed by atoms with Crippen LogP contribution in [0, 0.1) is 0 Å². The SMILES string of the molecule is O=C(NCc1ccco1)N[C@@H]1CCN(C(=O)CCc2ccccc2)C1. The molecule has 3 rings (SSSR count). The minimum atomic E-state index is -0.236. The van der Waals surface area contributed by atoms with Crippen LogP contribution in [0.25, 0.3) is 0 Å². The Hall–Kier alpha value is -2.76. The monoisotopic (exact) mass is 341 g/mol. The van der Waals surface area contributed by atoms with Gasteiger partial charge in [0.2, 0.25) is 5.91 Å². The van der Waals surface area contributed by atoms with Crippen molar-refractivity contribution in [2.45, 2.75) is 31.8 Å². The third kappa shape index (κ3) is 5.11. The van der Waals surface area contributed by atoms with Crippen molar-refractivity contribution in [2.75, 3.05) is 13.1 Å². The summed E-state index contributed by atoms with van der Waals surface area (Å²) in [6.07, 6.45) is 3.61. The van der Waals surface area contributed by atoms with Crippen molar-refractivity contribution in [2.24, 2.45) is 0 Å². The second-order valence-corrected chi connectivity index (χ2v) is 6.22. The third-order valence-electron chi connectivity index (χ3n) is 4.35. The quantitative estimate of drug-likeness (QED) is 0.847. The van der Waals surface area contributed by atoms with Crippen LogP contribution < -0.4 is 10.6 Å². The number of amides is 3. The second kappa shape index (κ2) is 8.37. The lowest BCUT2D eigenvalue weighted by atomic mass is 10.1. The molecule has 0 saturated carbocycles. The Morgan fingerprint density at radius 1 is 1.16 bits per heavy atom. The highest BCUT2D eigenvalue weighted by Crippen LogP contribution is 2.12. The van der Waals surface area contributed by atoms with Crippen LogP contribution in [0.1, 0.15) is 24.2 Å². The maximum absolute atomic E-state index is 12.3. The van der Waals surface area contributed by atoms with Gasteiger partial charge in [0.05, 0.1) is 12.8 Å². The standard InChI is InChI=1S/C19H23N3O3/c23-18(9-8-15-5-2-1-3-6-15)22-11-10-16(14-22)21-19(24)20-13-17-7-4-12-25-17/h1-7,12,16H,8-11,13-14H2,(H2,20,21,24)/t16-/m1/s1. The summed E-state index contributed by atoms with van der Waals surface area (Å²) in [7, 11) is 0. The number of nitrogens with one attached hydrogen (secondary N) is 2. The highest BCUT2D eigenvalue weighted by atomic mass is 16.3. The number of nitrogens with zero attached hydrogens (tertiary/aromatic N) is 1. The van der Waals surface area contributed by atoms with E-state index in [1.807, 2.05) is 41.3 Å². The summed E-state index contributed by atoms with van der Waals surface area (Å²) in [6, 6.07) is 13.4. The molecule has 132 valence electrons. The Labute approximate surface area is 147 Å². The number of aryl methyl sites for hydroxylation is 1. The zero-order chi connectivity index (χ0) is 17.5. The molecule has 2 N–H and O–H groups in total. The molecule has 6 heteroatoms. The minimum Gasteiger partial charge on any atom is -0.467 e. The fraction of sp³-hybridized carbons (Fsp3) is 0.368. The largest absolute Gasteiger partial charge is 0.467 e. The number of carbonyl (C=O) groups excluding carboxylic acids is 2. The van der Waals surface area contributed by atoms with Crippen LogP contribution in [0.2, 0.25) is 0 Å². The van der Waals surface area contributed by atoms with Crippen LogP contribution in [0.4, 0.5) is 4.79 Å². The molecule has 1 aliphatic heterocycles. The molecule has 0 bridgehead atoms. The van der Waals surface area contributed by atoms with Gasteiger partial charge in [-0.15, -0.1) is 0 Å². The van der Waals surface area contributed by atoms with Gasteiger partial charge in [0.25, 0.3) is 0 Å². The van der Waals surface area contributed by atoms with Crippen molar-refractivity contribution in [3.63, 3.8) is 0 Å². The Morgan fingerprint density at radius 3 is 2.76 bits per heavy atom. The van der Waals surface area contributed by atoms with Crippen molar-refractivity contribution in [1.82, 2.24) is 15.5 Å². The molecule has 0 radical (unpaired) electrons. The Bertz CT molecular complexity index is 685. The van der Waals surface area contributed by atoms with E-state index < -0.39 is 0 Å². The van der Waals surface area contributed by atoms with E-state index >= 15 is 0 Å². The average molecular weight is 341 g/mol. The molecule has 1 fully saturated rings. The number of benzene rings is 1. The number of hydrogen-bond acceptors (Lipinski definition) is 3. The van der Waals surface area contributed by atoms with Crippen molar-refractivity contribution in [3.05, 3.63) is 60.1 Å². The fourth-order valence-corrected chi connectivity index (χ4v) is 2.98. The zero-order valence-electron chi connectivity index (χ0n) is 14.1. The van der Waals surface area contributed by atoms with E-state index in [4.69, 9.17) is 4.42 Å². The van der Waals surface area contributed by atoms with E-state index in [0.29, 0.717) is 31.8 Å².